The Hall–Kier alpha value is -2.86. The van der Waals surface area contributed by atoms with Gasteiger partial charge < -0.3 is 4.57 Å². The summed E-state index contributed by atoms with van der Waals surface area (Å²) in [5.74, 6) is 0.692. The number of aryl methyl sites for hydroxylation is 1. The molecule has 20 heavy (non-hydrogen) atoms. The summed E-state index contributed by atoms with van der Waals surface area (Å²) in [5.41, 5.74) is 3.49. The lowest BCUT2D eigenvalue weighted by atomic mass is 10.1. The molecular weight excluding hydrogens is 246 g/mol. The van der Waals surface area contributed by atoms with Gasteiger partial charge in [-0.3, -0.25) is 0 Å². The Morgan fingerprint density at radius 1 is 1.10 bits per heavy atom. The third-order valence-corrected chi connectivity index (χ3v) is 3.26. The van der Waals surface area contributed by atoms with Crippen molar-refractivity contribution in [1.82, 2.24) is 9.55 Å². The molecule has 3 rings (SSSR count). The van der Waals surface area contributed by atoms with Crippen molar-refractivity contribution in [3.63, 3.8) is 0 Å². The van der Waals surface area contributed by atoms with E-state index in [2.05, 4.69) is 11.1 Å². The smallest absolute Gasteiger partial charge is 0.151 e. The number of nitrogens with zero attached hydrogens (tertiary/aromatic N) is 3. The highest BCUT2D eigenvalue weighted by molar-refractivity contribution is 5.90. The average molecular weight is 259 g/mol. The Bertz CT molecular complexity index is 820. The van der Waals surface area contributed by atoms with Crippen molar-refractivity contribution in [2.75, 3.05) is 0 Å². The number of imidazole rings is 1. The molecule has 1 aromatic heterocycles. The fourth-order valence-electron chi connectivity index (χ4n) is 2.25. The maximum Gasteiger partial charge on any atom is 0.151 e. The highest BCUT2D eigenvalue weighted by Crippen LogP contribution is 2.21. The summed E-state index contributed by atoms with van der Waals surface area (Å²) >= 11 is 0. The Labute approximate surface area is 117 Å². The predicted molar refractivity (Wildman–Crippen MR) is 80.6 cm³/mol. The number of rotatable bonds is 2. The molecule has 0 atom stereocenters. The van der Waals surface area contributed by atoms with Gasteiger partial charge >= 0.3 is 0 Å². The summed E-state index contributed by atoms with van der Waals surface area (Å²) < 4.78 is 1.95. The Kier molecular flexibility index (Phi) is 3.06. The topological polar surface area (TPSA) is 41.6 Å². The molecular formula is C17H13N3. The van der Waals surface area contributed by atoms with Crippen LogP contribution in [0.4, 0.5) is 0 Å². The fourth-order valence-corrected chi connectivity index (χ4v) is 2.25. The van der Waals surface area contributed by atoms with E-state index in [1.807, 2.05) is 72.3 Å². The number of aromatic nitrogens is 2. The molecule has 3 heteroatoms. The summed E-state index contributed by atoms with van der Waals surface area (Å²) in [7, 11) is 1.93. The first-order valence-corrected chi connectivity index (χ1v) is 6.38. The molecule has 3 aromatic rings. The van der Waals surface area contributed by atoms with Gasteiger partial charge in [-0.15, -0.1) is 0 Å². The zero-order valence-electron chi connectivity index (χ0n) is 11.1. The van der Waals surface area contributed by atoms with Crippen LogP contribution in [0.2, 0.25) is 0 Å². The molecule has 0 saturated carbocycles. The molecule has 2 aromatic carbocycles. The first-order chi connectivity index (χ1) is 9.79. The number of benzene rings is 2. The van der Waals surface area contributed by atoms with Gasteiger partial charge in [0.1, 0.15) is 6.07 Å². The molecule has 0 amide bonds. The van der Waals surface area contributed by atoms with Crippen molar-refractivity contribution in [3.05, 3.63) is 66.0 Å². The molecule has 1 heterocycles. The van der Waals surface area contributed by atoms with Crippen LogP contribution in [0.15, 0.2) is 54.6 Å². The van der Waals surface area contributed by atoms with E-state index in [-0.39, 0.29) is 0 Å². The summed E-state index contributed by atoms with van der Waals surface area (Å²) in [5, 5.41) is 9.42. The van der Waals surface area contributed by atoms with E-state index in [0.717, 1.165) is 16.6 Å². The Morgan fingerprint density at radius 3 is 2.50 bits per heavy atom. The highest BCUT2D eigenvalue weighted by atomic mass is 15.1. The molecule has 0 radical (unpaired) electrons. The lowest BCUT2D eigenvalue weighted by molar-refractivity contribution is 0.925. The molecule has 0 saturated heterocycles. The number of nitriles is 1. The van der Waals surface area contributed by atoms with Crippen LogP contribution in [0.1, 0.15) is 11.4 Å². The average Bonchev–Trinajstić information content (AvgIpc) is 2.83. The van der Waals surface area contributed by atoms with Crippen molar-refractivity contribution in [1.29, 1.82) is 5.26 Å². The summed E-state index contributed by atoms with van der Waals surface area (Å²) in [6.07, 6.45) is 1.86. The Morgan fingerprint density at radius 2 is 1.80 bits per heavy atom. The van der Waals surface area contributed by atoms with Gasteiger partial charge in [0.15, 0.2) is 5.82 Å². The van der Waals surface area contributed by atoms with Crippen LogP contribution in [0, 0.1) is 11.3 Å². The number of hydrogen-bond donors (Lipinski definition) is 0. The number of fused-ring (bicyclic) bond motifs is 1. The van der Waals surface area contributed by atoms with Crippen LogP contribution < -0.4 is 0 Å². The van der Waals surface area contributed by atoms with Crippen LogP contribution in [0.25, 0.3) is 22.7 Å². The predicted octanol–water partition coefficient (Wildman–Crippen LogP) is 3.64. The molecule has 0 aliphatic heterocycles. The SMILES string of the molecule is Cn1c(/C(C#N)=C\c2ccccc2)nc2ccccc21. The van der Waals surface area contributed by atoms with Gasteiger partial charge in [-0.2, -0.15) is 5.26 Å². The van der Waals surface area contributed by atoms with E-state index >= 15 is 0 Å². The maximum absolute atomic E-state index is 9.42. The van der Waals surface area contributed by atoms with Crippen molar-refractivity contribution in [2.45, 2.75) is 0 Å². The minimum atomic E-state index is 0.565. The minimum Gasteiger partial charge on any atom is -0.327 e. The second-order valence-corrected chi connectivity index (χ2v) is 4.56. The maximum atomic E-state index is 9.42. The highest BCUT2D eigenvalue weighted by Gasteiger charge is 2.11. The van der Waals surface area contributed by atoms with Crippen molar-refractivity contribution in [3.8, 4) is 6.07 Å². The lowest BCUT2D eigenvalue weighted by Crippen LogP contribution is -1.95. The number of allylic oxidation sites excluding steroid dienone is 1. The molecule has 0 aliphatic carbocycles. The van der Waals surface area contributed by atoms with Crippen LogP contribution in [-0.2, 0) is 7.05 Å². The van der Waals surface area contributed by atoms with E-state index in [1.165, 1.54) is 0 Å². The zero-order chi connectivity index (χ0) is 13.9. The van der Waals surface area contributed by atoms with E-state index in [9.17, 15) is 5.26 Å². The summed E-state index contributed by atoms with van der Waals surface area (Å²) in [4.78, 5) is 4.55. The quantitative estimate of drug-likeness (QED) is 0.659. The lowest BCUT2D eigenvalue weighted by Gasteiger charge is -2.01. The molecule has 0 fully saturated rings. The van der Waals surface area contributed by atoms with E-state index in [0.29, 0.717) is 11.4 Å². The number of hydrogen-bond acceptors (Lipinski definition) is 2. The van der Waals surface area contributed by atoms with Gasteiger partial charge in [-0.1, -0.05) is 42.5 Å². The molecule has 0 bridgehead atoms. The largest absolute Gasteiger partial charge is 0.327 e. The van der Waals surface area contributed by atoms with Gasteiger partial charge in [0.2, 0.25) is 0 Å². The van der Waals surface area contributed by atoms with Crippen LogP contribution in [0.3, 0.4) is 0 Å². The van der Waals surface area contributed by atoms with Gasteiger partial charge in [0.05, 0.1) is 16.6 Å². The van der Waals surface area contributed by atoms with Crippen LogP contribution in [-0.4, -0.2) is 9.55 Å². The molecule has 0 unspecified atom stereocenters. The van der Waals surface area contributed by atoms with Crippen LogP contribution >= 0.6 is 0 Å². The van der Waals surface area contributed by atoms with Crippen LogP contribution in [0.5, 0.6) is 0 Å². The van der Waals surface area contributed by atoms with E-state index in [1.54, 1.807) is 0 Å². The molecule has 0 aliphatic rings. The van der Waals surface area contributed by atoms with Crippen molar-refractivity contribution >= 4 is 22.7 Å². The molecule has 96 valence electrons. The van der Waals surface area contributed by atoms with E-state index < -0.39 is 0 Å². The molecule has 3 nitrogen and oxygen atoms in total. The van der Waals surface area contributed by atoms with Gasteiger partial charge in [0, 0.05) is 7.05 Å². The zero-order valence-corrected chi connectivity index (χ0v) is 11.1. The minimum absolute atomic E-state index is 0.565. The second kappa shape index (κ2) is 5.02. The first-order valence-electron chi connectivity index (χ1n) is 6.38. The van der Waals surface area contributed by atoms with Gasteiger partial charge in [0.25, 0.3) is 0 Å². The van der Waals surface area contributed by atoms with Gasteiger partial charge in [-0.05, 0) is 23.8 Å². The molecule has 0 N–H and O–H groups in total. The Balaban J connectivity index is 2.16. The van der Waals surface area contributed by atoms with Gasteiger partial charge in [-0.25, -0.2) is 4.98 Å². The summed E-state index contributed by atoms with van der Waals surface area (Å²) in [6, 6.07) is 19.9. The summed E-state index contributed by atoms with van der Waals surface area (Å²) in [6.45, 7) is 0. The third kappa shape index (κ3) is 2.08. The first kappa shape index (κ1) is 12.2. The third-order valence-electron chi connectivity index (χ3n) is 3.26. The fraction of sp³-hybridized carbons (Fsp3) is 0.0588. The van der Waals surface area contributed by atoms with Crippen molar-refractivity contribution < 1.29 is 0 Å². The standard InChI is InChI=1S/C17H13N3/c1-20-16-10-6-5-9-15(16)19-17(20)14(12-18)11-13-7-3-2-4-8-13/h2-11H,1H3/b14-11-. The second-order valence-electron chi connectivity index (χ2n) is 4.56. The van der Waals surface area contributed by atoms with Crippen molar-refractivity contribution in [2.24, 2.45) is 7.05 Å². The monoisotopic (exact) mass is 259 g/mol. The molecule has 0 spiro atoms. The van der Waals surface area contributed by atoms with E-state index in [4.69, 9.17) is 0 Å². The number of para-hydroxylation sites is 2. The normalized spacial score (nSPS) is 11.5.